The standard InChI is InChI=1S/C14H27N2O4P/c1-5-16(6-2)14-9-12(21(18,19)20)7-8-13(14)10(3)15-11(4)17/h7,10,13-14H,5-6,8-9H2,1-4H3,(H,15,17)(H2,18,19,20)/t10-,13-,14-/m0/s1. The fraction of sp³-hybridized carbons (Fsp3) is 0.786. The predicted molar refractivity (Wildman–Crippen MR) is 82.8 cm³/mol. The lowest BCUT2D eigenvalue weighted by Crippen LogP contribution is -2.50. The van der Waals surface area contributed by atoms with Crippen molar-refractivity contribution in [3.63, 3.8) is 0 Å². The van der Waals surface area contributed by atoms with Crippen molar-refractivity contribution in [2.75, 3.05) is 13.1 Å². The van der Waals surface area contributed by atoms with Gasteiger partial charge >= 0.3 is 7.60 Å². The quantitative estimate of drug-likeness (QED) is 0.649. The van der Waals surface area contributed by atoms with E-state index in [9.17, 15) is 19.1 Å². The van der Waals surface area contributed by atoms with Gasteiger partial charge in [0.05, 0.1) is 0 Å². The molecule has 3 N–H and O–H groups in total. The zero-order valence-corrected chi connectivity index (χ0v) is 14.1. The fourth-order valence-electron chi connectivity index (χ4n) is 3.17. The van der Waals surface area contributed by atoms with Crippen molar-refractivity contribution < 1.29 is 19.1 Å². The number of carbonyl (C=O) groups is 1. The Hall–Kier alpha value is -0.680. The first-order valence-electron chi connectivity index (χ1n) is 7.46. The molecule has 0 aromatic heterocycles. The second-order valence-electron chi connectivity index (χ2n) is 5.62. The number of amides is 1. The predicted octanol–water partition coefficient (Wildman–Crippen LogP) is 1.69. The summed E-state index contributed by atoms with van der Waals surface area (Å²) in [7, 11) is -4.18. The minimum Gasteiger partial charge on any atom is -0.354 e. The summed E-state index contributed by atoms with van der Waals surface area (Å²) in [5.41, 5.74) is 0. The number of nitrogens with one attached hydrogen (secondary N) is 1. The highest BCUT2D eigenvalue weighted by atomic mass is 31.2. The van der Waals surface area contributed by atoms with Crippen LogP contribution in [0, 0.1) is 5.92 Å². The van der Waals surface area contributed by atoms with Crippen molar-refractivity contribution in [1.29, 1.82) is 0 Å². The molecule has 0 radical (unpaired) electrons. The second kappa shape index (κ2) is 7.54. The van der Waals surface area contributed by atoms with Gasteiger partial charge in [0.2, 0.25) is 5.91 Å². The van der Waals surface area contributed by atoms with Crippen LogP contribution < -0.4 is 5.32 Å². The van der Waals surface area contributed by atoms with Crippen LogP contribution in [0.1, 0.15) is 40.5 Å². The maximum Gasteiger partial charge on any atom is 0.351 e. The van der Waals surface area contributed by atoms with Gasteiger partial charge in [0.1, 0.15) is 0 Å². The molecule has 1 rings (SSSR count). The molecule has 0 aromatic carbocycles. The number of carbonyl (C=O) groups excluding carboxylic acids is 1. The van der Waals surface area contributed by atoms with Crippen LogP contribution in [0.25, 0.3) is 0 Å². The molecule has 1 amide bonds. The van der Waals surface area contributed by atoms with E-state index >= 15 is 0 Å². The molecule has 0 saturated heterocycles. The monoisotopic (exact) mass is 318 g/mol. The summed E-state index contributed by atoms with van der Waals surface area (Å²) >= 11 is 0. The zero-order chi connectivity index (χ0) is 16.2. The van der Waals surface area contributed by atoms with E-state index in [0.29, 0.717) is 12.8 Å². The first kappa shape index (κ1) is 18.4. The van der Waals surface area contributed by atoms with E-state index in [2.05, 4.69) is 10.2 Å². The van der Waals surface area contributed by atoms with E-state index in [0.717, 1.165) is 13.1 Å². The van der Waals surface area contributed by atoms with Crippen LogP contribution >= 0.6 is 7.60 Å². The summed E-state index contributed by atoms with van der Waals surface area (Å²) < 4.78 is 11.5. The van der Waals surface area contributed by atoms with Crippen LogP contribution in [0.4, 0.5) is 0 Å². The molecular formula is C14H27N2O4P. The van der Waals surface area contributed by atoms with Gasteiger partial charge < -0.3 is 20.0 Å². The van der Waals surface area contributed by atoms with Gasteiger partial charge in [0, 0.05) is 24.3 Å². The molecule has 0 fully saturated rings. The van der Waals surface area contributed by atoms with Crippen molar-refractivity contribution >= 4 is 13.5 Å². The molecule has 0 spiro atoms. The number of rotatable bonds is 6. The molecule has 0 unspecified atom stereocenters. The van der Waals surface area contributed by atoms with Gasteiger partial charge in [0.25, 0.3) is 0 Å². The minimum absolute atomic E-state index is 0.0253. The Labute approximate surface area is 126 Å². The largest absolute Gasteiger partial charge is 0.354 e. The summed E-state index contributed by atoms with van der Waals surface area (Å²) in [6.07, 6.45) is 2.59. The maximum atomic E-state index is 11.5. The van der Waals surface area contributed by atoms with Crippen molar-refractivity contribution in [3.8, 4) is 0 Å². The van der Waals surface area contributed by atoms with Gasteiger partial charge in [-0.05, 0) is 38.8 Å². The molecule has 0 bridgehead atoms. The Morgan fingerprint density at radius 2 is 2.05 bits per heavy atom. The van der Waals surface area contributed by atoms with Gasteiger partial charge in [-0.15, -0.1) is 0 Å². The molecule has 1 aliphatic carbocycles. The lowest BCUT2D eigenvalue weighted by Gasteiger charge is -2.41. The second-order valence-corrected chi connectivity index (χ2v) is 7.28. The molecular weight excluding hydrogens is 291 g/mol. The zero-order valence-electron chi connectivity index (χ0n) is 13.2. The lowest BCUT2D eigenvalue weighted by molar-refractivity contribution is -0.120. The lowest BCUT2D eigenvalue weighted by atomic mass is 9.82. The average molecular weight is 318 g/mol. The van der Waals surface area contributed by atoms with Crippen LogP contribution in [0.3, 0.4) is 0 Å². The SMILES string of the molecule is CCN(CC)[C@H]1CC(P(=O)(O)O)=CC[C@H]1[C@H](C)NC(C)=O. The summed E-state index contributed by atoms with van der Waals surface area (Å²) in [5.74, 6) is 0.0784. The number of hydrogen-bond donors (Lipinski definition) is 3. The van der Waals surface area contributed by atoms with Crippen LogP contribution in [-0.2, 0) is 9.36 Å². The van der Waals surface area contributed by atoms with Crippen molar-refractivity contribution in [2.24, 2.45) is 5.92 Å². The van der Waals surface area contributed by atoms with Crippen LogP contribution in [0.2, 0.25) is 0 Å². The molecule has 0 aliphatic heterocycles. The van der Waals surface area contributed by atoms with Crippen LogP contribution in [0.15, 0.2) is 11.4 Å². The molecule has 122 valence electrons. The van der Waals surface area contributed by atoms with Gasteiger partial charge in [0.15, 0.2) is 0 Å². The topological polar surface area (TPSA) is 89.9 Å². The third-order valence-electron chi connectivity index (χ3n) is 4.27. The van der Waals surface area contributed by atoms with Crippen LogP contribution in [-0.4, -0.2) is 45.8 Å². The van der Waals surface area contributed by atoms with Gasteiger partial charge in [-0.3, -0.25) is 9.36 Å². The Morgan fingerprint density at radius 1 is 1.48 bits per heavy atom. The molecule has 3 atom stereocenters. The van der Waals surface area contributed by atoms with E-state index in [1.54, 1.807) is 6.08 Å². The Balaban J connectivity index is 3.01. The molecule has 0 aromatic rings. The Kier molecular flexibility index (Phi) is 6.60. The fourth-order valence-corrected chi connectivity index (χ4v) is 3.94. The number of hydrogen-bond acceptors (Lipinski definition) is 3. The molecule has 7 heteroatoms. The van der Waals surface area contributed by atoms with Gasteiger partial charge in [-0.1, -0.05) is 19.9 Å². The highest BCUT2D eigenvalue weighted by Crippen LogP contribution is 2.50. The molecule has 0 heterocycles. The van der Waals surface area contributed by atoms with E-state index in [1.807, 2.05) is 20.8 Å². The molecule has 21 heavy (non-hydrogen) atoms. The highest BCUT2D eigenvalue weighted by molar-refractivity contribution is 7.56. The van der Waals surface area contributed by atoms with Crippen molar-refractivity contribution in [1.82, 2.24) is 10.2 Å². The molecule has 1 aliphatic rings. The smallest absolute Gasteiger partial charge is 0.351 e. The highest BCUT2D eigenvalue weighted by Gasteiger charge is 2.37. The average Bonchev–Trinajstić information content (AvgIpc) is 2.38. The number of allylic oxidation sites excluding steroid dienone is 1. The normalized spacial score (nSPS) is 24.6. The summed E-state index contributed by atoms with van der Waals surface area (Å²) in [4.78, 5) is 32.3. The van der Waals surface area contributed by atoms with Crippen LogP contribution in [0.5, 0.6) is 0 Å². The van der Waals surface area contributed by atoms with Crippen molar-refractivity contribution in [3.05, 3.63) is 11.4 Å². The van der Waals surface area contributed by atoms with E-state index in [-0.39, 0.29) is 29.2 Å². The first-order valence-corrected chi connectivity index (χ1v) is 9.08. The first-order chi connectivity index (χ1) is 9.70. The van der Waals surface area contributed by atoms with Gasteiger partial charge in [-0.25, -0.2) is 0 Å². The molecule has 6 nitrogen and oxygen atoms in total. The van der Waals surface area contributed by atoms with E-state index in [4.69, 9.17) is 0 Å². The van der Waals surface area contributed by atoms with E-state index in [1.165, 1.54) is 6.92 Å². The maximum absolute atomic E-state index is 11.5. The van der Waals surface area contributed by atoms with E-state index < -0.39 is 7.60 Å². The molecule has 0 saturated carbocycles. The third-order valence-corrected chi connectivity index (χ3v) is 5.38. The third kappa shape index (κ3) is 4.92. The Bertz CT molecular complexity index is 442. The Morgan fingerprint density at radius 3 is 2.48 bits per heavy atom. The van der Waals surface area contributed by atoms with Crippen molar-refractivity contribution in [2.45, 2.75) is 52.6 Å². The van der Waals surface area contributed by atoms with Gasteiger partial charge in [-0.2, -0.15) is 0 Å². The summed E-state index contributed by atoms with van der Waals surface area (Å²) in [5, 5.41) is 3.14. The minimum atomic E-state index is -4.18. The summed E-state index contributed by atoms with van der Waals surface area (Å²) in [6.45, 7) is 9.16. The summed E-state index contributed by atoms with van der Waals surface area (Å²) in [6, 6.07) is 0.0112. The number of nitrogens with zero attached hydrogens (tertiary/aromatic N) is 1.